The molecule has 0 saturated carbocycles. The van der Waals surface area contributed by atoms with Crippen LogP contribution in [0.1, 0.15) is 83.9 Å². The summed E-state index contributed by atoms with van der Waals surface area (Å²) in [5, 5.41) is 5.92. The van der Waals surface area contributed by atoms with Crippen molar-refractivity contribution >= 4 is 17.9 Å². The number of benzene rings is 3. The Morgan fingerprint density at radius 1 is 0.768 bits per heavy atom. The molecule has 0 bridgehead atoms. The monoisotopic (exact) mass is 758 g/mol. The molecule has 290 valence electrons. The van der Waals surface area contributed by atoms with E-state index in [4.69, 9.17) is 24.2 Å². The Balaban J connectivity index is 0.887. The lowest BCUT2D eigenvalue weighted by Gasteiger charge is -2.34. The molecule has 3 saturated heterocycles. The predicted octanol–water partition coefficient (Wildman–Crippen LogP) is 5.63. The van der Waals surface area contributed by atoms with Crippen LogP contribution >= 0.6 is 0 Å². The largest absolute Gasteiger partial charge is 0.453 e. The fourth-order valence-electron chi connectivity index (χ4n) is 7.85. The summed E-state index contributed by atoms with van der Waals surface area (Å²) in [6, 6.07) is 25.4. The third-order valence-electron chi connectivity index (χ3n) is 10.8. The SMILES string of the molecule is COC(=O)N[C@@H](C(=O)N1CCC[C@H]1c1ncc(-c2ccc(CCc3cnc([C@@H]4CCCN4C(=O)[C@H](NC4OCO4)c4ccccc4)[nH]3)cc2)[nH]1)c1ccccc1. The average Bonchev–Trinajstić information content (AvgIpc) is 4.06. The van der Waals surface area contributed by atoms with Gasteiger partial charge >= 0.3 is 6.09 Å². The minimum Gasteiger partial charge on any atom is -0.453 e. The van der Waals surface area contributed by atoms with Crippen LogP contribution < -0.4 is 10.6 Å². The van der Waals surface area contributed by atoms with Crippen LogP contribution in [0, 0.1) is 0 Å². The molecule has 56 heavy (non-hydrogen) atoms. The van der Waals surface area contributed by atoms with Crippen molar-refractivity contribution < 1.29 is 28.6 Å². The summed E-state index contributed by atoms with van der Waals surface area (Å²) >= 11 is 0. The number of hydrogen-bond acceptors (Lipinski definition) is 9. The summed E-state index contributed by atoms with van der Waals surface area (Å²) in [4.78, 5) is 60.1. The molecule has 3 aliphatic rings. The van der Waals surface area contributed by atoms with E-state index in [1.54, 1.807) is 4.90 Å². The molecule has 14 heteroatoms. The van der Waals surface area contributed by atoms with Crippen molar-refractivity contribution in [3.8, 4) is 11.3 Å². The maximum absolute atomic E-state index is 13.9. The number of likely N-dealkylation sites (tertiary alicyclic amines) is 2. The summed E-state index contributed by atoms with van der Waals surface area (Å²) in [6.45, 7) is 1.43. The molecule has 3 aliphatic heterocycles. The van der Waals surface area contributed by atoms with Gasteiger partial charge in [-0.25, -0.2) is 14.8 Å². The second-order valence-corrected chi connectivity index (χ2v) is 14.3. The Morgan fingerprint density at radius 3 is 1.96 bits per heavy atom. The highest BCUT2D eigenvalue weighted by molar-refractivity contribution is 5.87. The van der Waals surface area contributed by atoms with Crippen molar-refractivity contribution in [1.29, 1.82) is 0 Å². The normalized spacial score (nSPS) is 19.4. The van der Waals surface area contributed by atoms with Gasteiger partial charge in [0.2, 0.25) is 12.3 Å². The number of methoxy groups -OCH3 is 1. The van der Waals surface area contributed by atoms with E-state index in [9.17, 15) is 14.4 Å². The number of carbonyl (C=O) groups is 3. The third kappa shape index (κ3) is 8.08. The van der Waals surface area contributed by atoms with E-state index in [2.05, 4.69) is 44.9 Å². The number of ether oxygens (including phenoxy) is 3. The van der Waals surface area contributed by atoms with E-state index < -0.39 is 24.6 Å². The summed E-state index contributed by atoms with van der Waals surface area (Å²) in [5.41, 5.74) is 5.60. The molecule has 4 N–H and O–H groups in total. The zero-order valence-electron chi connectivity index (χ0n) is 31.2. The quantitative estimate of drug-likeness (QED) is 0.119. The number of hydrogen-bond donors (Lipinski definition) is 4. The van der Waals surface area contributed by atoms with Crippen molar-refractivity contribution in [2.75, 3.05) is 27.0 Å². The van der Waals surface area contributed by atoms with E-state index in [1.165, 1.54) is 12.7 Å². The number of aromatic nitrogens is 4. The number of aromatic amines is 2. The van der Waals surface area contributed by atoms with E-state index >= 15 is 0 Å². The minimum atomic E-state index is -0.871. The third-order valence-corrected chi connectivity index (χ3v) is 10.8. The lowest BCUT2D eigenvalue weighted by atomic mass is 10.0. The molecule has 0 unspecified atom stereocenters. The van der Waals surface area contributed by atoms with Crippen molar-refractivity contribution in [3.63, 3.8) is 0 Å². The topological polar surface area (TPSA) is 167 Å². The molecule has 0 radical (unpaired) electrons. The zero-order valence-corrected chi connectivity index (χ0v) is 31.2. The number of nitrogens with one attached hydrogen (secondary N) is 4. The van der Waals surface area contributed by atoms with Gasteiger partial charge in [0.05, 0.1) is 31.1 Å². The Kier molecular flexibility index (Phi) is 11.2. The van der Waals surface area contributed by atoms with E-state index in [0.29, 0.717) is 24.5 Å². The number of rotatable bonds is 13. The van der Waals surface area contributed by atoms with Crippen LogP contribution in [0.5, 0.6) is 0 Å². The van der Waals surface area contributed by atoms with Gasteiger partial charge in [0.15, 0.2) is 6.79 Å². The van der Waals surface area contributed by atoms with Gasteiger partial charge in [0.25, 0.3) is 5.91 Å². The van der Waals surface area contributed by atoms with Gasteiger partial charge in [-0.2, -0.15) is 0 Å². The number of H-pyrrole nitrogens is 2. The molecule has 4 atom stereocenters. The van der Waals surface area contributed by atoms with Gasteiger partial charge in [-0.3, -0.25) is 14.9 Å². The van der Waals surface area contributed by atoms with Crippen LogP contribution in [-0.2, 0) is 36.6 Å². The molecule has 5 heterocycles. The molecule has 0 aliphatic carbocycles. The lowest BCUT2D eigenvalue weighted by Crippen LogP contribution is -2.50. The molecular weight excluding hydrogens is 713 g/mol. The highest BCUT2D eigenvalue weighted by Crippen LogP contribution is 2.35. The van der Waals surface area contributed by atoms with Crippen LogP contribution in [0.3, 0.4) is 0 Å². The van der Waals surface area contributed by atoms with Gasteiger partial charge in [0.1, 0.15) is 23.7 Å². The molecular formula is C42H46N8O6. The van der Waals surface area contributed by atoms with Crippen LogP contribution in [0.15, 0.2) is 97.3 Å². The highest BCUT2D eigenvalue weighted by atomic mass is 16.9. The molecule has 3 fully saturated rings. The molecule has 5 aromatic rings. The first-order valence-electron chi connectivity index (χ1n) is 19.2. The Hall–Kier alpha value is -5.83. The Labute approximate surface area is 325 Å². The van der Waals surface area contributed by atoms with Gasteiger partial charge in [0, 0.05) is 25.0 Å². The van der Waals surface area contributed by atoms with E-state index in [-0.39, 0.29) is 30.7 Å². The van der Waals surface area contributed by atoms with Crippen molar-refractivity contribution in [2.45, 2.75) is 69.1 Å². The number of carbonyl (C=O) groups excluding carboxylic acids is 3. The van der Waals surface area contributed by atoms with Gasteiger partial charge in [-0.05, 0) is 60.8 Å². The second kappa shape index (κ2) is 16.9. The van der Waals surface area contributed by atoms with E-state index in [1.807, 2.05) is 78.0 Å². The molecule has 3 amide bonds. The maximum atomic E-state index is 13.9. The first kappa shape index (κ1) is 37.1. The first-order chi connectivity index (χ1) is 27.4. The fraction of sp³-hybridized carbons (Fsp3) is 0.357. The van der Waals surface area contributed by atoms with Crippen LogP contribution in [-0.4, -0.2) is 81.0 Å². The summed E-state index contributed by atoms with van der Waals surface area (Å²) < 4.78 is 15.6. The first-order valence-corrected chi connectivity index (χ1v) is 19.2. The molecule has 14 nitrogen and oxygen atoms in total. The van der Waals surface area contributed by atoms with E-state index in [0.717, 1.165) is 66.9 Å². The van der Waals surface area contributed by atoms with Crippen LogP contribution in [0.25, 0.3) is 11.3 Å². The smallest absolute Gasteiger partial charge is 0.407 e. The van der Waals surface area contributed by atoms with Gasteiger partial charge < -0.3 is 39.3 Å². The molecule has 3 aromatic carbocycles. The fourth-order valence-corrected chi connectivity index (χ4v) is 7.85. The van der Waals surface area contributed by atoms with Gasteiger partial charge in [-0.1, -0.05) is 84.9 Å². The summed E-state index contributed by atoms with van der Waals surface area (Å²) in [7, 11) is 1.28. The average molecular weight is 759 g/mol. The lowest BCUT2D eigenvalue weighted by molar-refractivity contribution is -0.335. The van der Waals surface area contributed by atoms with Crippen molar-refractivity contribution in [1.82, 2.24) is 40.4 Å². The molecule has 0 spiro atoms. The van der Waals surface area contributed by atoms with Crippen molar-refractivity contribution in [2.24, 2.45) is 0 Å². The molecule has 8 rings (SSSR count). The highest BCUT2D eigenvalue weighted by Gasteiger charge is 2.39. The van der Waals surface area contributed by atoms with Gasteiger partial charge in [-0.15, -0.1) is 0 Å². The zero-order chi connectivity index (χ0) is 38.4. The predicted molar refractivity (Wildman–Crippen MR) is 205 cm³/mol. The summed E-state index contributed by atoms with van der Waals surface area (Å²) in [6.07, 6.45) is 7.32. The maximum Gasteiger partial charge on any atom is 0.407 e. The number of imidazole rings is 2. The number of nitrogens with zero attached hydrogens (tertiary/aromatic N) is 4. The second-order valence-electron chi connectivity index (χ2n) is 14.3. The molecule has 2 aromatic heterocycles. The minimum absolute atomic E-state index is 0.0288. The number of amides is 3. The van der Waals surface area contributed by atoms with Crippen LogP contribution in [0.4, 0.5) is 4.79 Å². The Bertz CT molecular complexity index is 2100. The van der Waals surface area contributed by atoms with Crippen LogP contribution in [0.2, 0.25) is 0 Å². The summed E-state index contributed by atoms with van der Waals surface area (Å²) in [5.74, 6) is 1.28. The standard InChI is InChI=1S/C42H46N8O6/c1-54-41(53)47-35(29-10-4-2-5-11-29)39(51)50-23-9-15-34(50)38-44-25-32(46-38)28-19-16-27(17-20-28)18-21-31-24-43-37(45-31)33-14-8-22-49(33)40(52)36(48-42-55-26-56-42)30-12-6-3-7-13-30/h2-7,10-13,16-17,19-20,24-25,33-36,42,48H,8-9,14-15,18,21-23,26H2,1H3,(H,43,45)(H,44,46)(H,47,53)/t33-,34-,35+,36+/m0/s1. The number of aryl methyl sites for hydroxylation is 2. The van der Waals surface area contributed by atoms with Crippen molar-refractivity contribution in [3.05, 3.63) is 131 Å². The number of alkyl carbamates (subject to hydrolysis) is 1. The Morgan fingerprint density at radius 2 is 1.36 bits per heavy atom.